The van der Waals surface area contributed by atoms with Gasteiger partial charge in [0.15, 0.2) is 5.79 Å². The Morgan fingerprint density at radius 1 is 1.00 bits per heavy atom. The summed E-state index contributed by atoms with van der Waals surface area (Å²) in [6.45, 7) is 12.0. The molecule has 2 aliphatic heterocycles. The Kier molecular flexibility index (Phi) is 9.59. The molecule has 0 saturated carbocycles. The highest BCUT2D eigenvalue weighted by Gasteiger charge is 2.50. The summed E-state index contributed by atoms with van der Waals surface area (Å²) in [6, 6.07) is 21.5. The van der Waals surface area contributed by atoms with Crippen LogP contribution in [0, 0.1) is 0 Å². The average Bonchev–Trinajstić information content (AvgIpc) is 3.20. The Hall–Kier alpha value is -0.803. The molecule has 2 aromatic rings. The Morgan fingerprint density at radius 3 is 2.05 bits per heavy atom. The molecule has 0 spiro atoms. The van der Waals surface area contributed by atoms with Crippen LogP contribution in [0.4, 0.5) is 0 Å². The number of thioether (sulfide) groups is 2. The van der Waals surface area contributed by atoms with Crippen molar-refractivity contribution in [1.82, 2.24) is 0 Å². The van der Waals surface area contributed by atoms with Crippen LogP contribution in [0.1, 0.15) is 60.3 Å². The van der Waals surface area contributed by atoms with Gasteiger partial charge in [0.25, 0.3) is 8.32 Å². The number of aliphatic hydroxyl groups excluding tert-OH is 1. The van der Waals surface area contributed by atoms with E-state index in [4.69, 9.17) is 13.9 Å². The molecule has 2 atom stereocenters. The van der Waals surface area contributed by atoms with Gasteiger partial charge in [-0.25, -0.2) is 0 Å². The Balaban J connectivity index is 1.48. The van der Waals surface area contributed by atoms with Crippen LogP contribution in [0.25, 0.3) is 0 Å². The fourth-order valence-corrected chi connectivity index (χ4v) is 13.9. The molecule has 1 unspecified atom stereocenters. The predicted molar refractivity (Wildman–Crippen MR) is 161 cm³/mol. The van der Waals surface area contributed by atoms with Crippen molar-refractivity contribution < 1.29 is 19.0 Å². The lowest BCUT2D eigenvalue weighted by Crippen LogP contribution is -2.66. The standard InChI is InChI=1S/C30H44O4S2Si/c1-28(2,3)37(26-13-8-6-9-14-26,27-15-10-7-11-16-27)33-18-17-24(31)21-30(35-19-12-20-36-30)22-25-23-32-29(4,5)34-25/h6-11,13-16,24-25,31H,12,17-23H2,1-5H3/t24-,25?/m1/s1. The third-order valence-corrected chi connectivity index (χ3v) is 15.8. The molecule has 2 aromatic carbocycles. The highest BCUT2D eigenvalue weighted by molar-refractivity contribution is 8.18. The molecule has 1 N–H and O–H groups in total. The Bertz CT molecular complexity index is 935. The van der Waals surface area contributed by atoms with Crippen molar-refractivity contribution >= 4 is 42.2 Å². The highest BCUT2D eigenvalue weighted by Crippen LogP contribution is 2.50. The van der Waals surface area contributed by atoms with E-state index in [0.29, 0.717) is 19.6 Å². The van der Waals surface area contributed by atoms with Crippen LogP contribution in [-0.4, -0.2) is 60.2 Å². The van der Waals surface area contributed by atoms with E-state index in [1.807, 2.05) is 37.4 Å². The molecular weight excluding hydrogens is 517 g/mol. The molecule has 2 heterocycles. The van der Waals surface area contributed by atoms with Crippen molar-refractivity contribution in [2.24, 2.45) is 0 Å². The van der Waals surface area contributed by atoms with Crippen LogP contribution in [-0.2, 0) is 13.9 Å². The van der Waals surface area contributed by atoms with Crippen LogP contribution in [0.5, 0.6) is 0 Å². The molecule has 0 aromatic heterocycles. The highest BCUT2D eigenvalue weighted by atomic mass is 32.2. The van der Waals surface area contributed by atoms with Gasteiger partial charge in [0.2, 0.25) is 0 Å². The molecule has 0 bridgehead atoms. The minimum absolute atomic E-state index is 0.0382. The molecule has 7 heteroatoms. The lowest BCUT2D eigenvalue weighted by molar-refractivity contribution is -0.139. The third kappa shape index (κ3) is 7.05. The summed E-state index contributed by atoms with van der Waals surface area (Å²) < 4.78 is 19.0. The SMILES string of the molecule is CC1(C)OCC(CC2(C[C@H](O)CCO[Si](c3ccccc3)(c3ccccc3)C(C)(C)C)SCCCS2)O1. The Labute approximate surface area is 233 Å². The van der Waals surface area contributed by atoms with Crippen molar-refractivity contribution in [3.63, 3.8) is 0 Å². The number of rotatable bonds is 10. The van der Waals surface area contributed by atoms with Crippen LogP contribution >= 0.6 is 23.5 Å². The molecule has 2 fully saturated rings. The molecule has 2 saturated heterocycles. The van der Waals surface area contributed by atoms with Crippen LogP contribution < -0.4 is 10.4 Å². The average molecular weight is 561 g/mol. The van der Waals surface area contributed by atoms with Crippen molar-refractivity contribution in [1.29, 1.82) is 0 Å². The second kappa shape index (κ2) is 12.2. The molecular formula is C30H44O4S2Si. The van der Waals surface area contributed by atoms with E-state index in [-0.39, 0.29) is 15.2 Å². The molecule has 4 nitrogen and oxygen atoms in total. The number of hydrogen-bond donors (Lipinski definition) is 1. The van der Waals surface area contributed by atoms with Crippen molar-refractivity contribution in [2.75, 3.05) is 24.7 Å². The lowest BCUT2D eigenvalue weighted by Gasteiger charge is -2.43. The number of aliphatic hydroxyl groups is 1. The fourth-order valence-electron chi connectivity index (χ4n) is 5.72. The van der Waals surface area contributed by atoms with Crippen molar-refractivity contribution in [3.8, 4) is 0 Å². The zero-order valence-electron chi connectivity index (χ0n) is 23.1. The molecule has 0 aliphatic carbocycles. The monoisotopic (exact) mass is 560 g/mol. The smallest absolute Gasteiger partial charge is 0.261 e. The minimum Gasteiger partial charge on any atom is -0.407 e. The van der Waals surface area contributed by atoms with Crippen molar-refractivity contribution in [3.05, 3.63) is 60.7 Å². The van der Waals surface area contributed by atoms with Crippen LogP contribution in [0.3, 0.4) is 0 Å². The topological polar surface area (TPSA) is 47.9 Å². The first kappa shape index (κ1) is 29.2. The van der Waals surface area contributed by atoms with Crippen LogP contribution in [0.2, 0.25) is 5.04 Å². The van der Waals surface area contributed by atoms with Gasteiger partial charge in [-0.3, -0.25) is 0 Å². The van der Waals surface area contributed by atoms with Crippen LogP contribution in [0.15, 0.2) is 60.7 Å². The molecule has 204 valence electrons. The minimum atomic E-state index is -2.59. The lowest BCUT2D eigenvalue weighted by atomic mass is 10.1. The summed E-state index contributed by atoms with van der Waals surface area (Å²) >= 11 is 4.00. The summed E-state index contributed by atoms with van der Waals surface area (Å²) in [5.41, 5.74) is 0. The van der Waals surface area contributed by atoms with Crippen molar-refractivity contribution in [2.45, 2.75) is 87.4 Å². The van der Waals surface area contributed by atoms with Gasteiger partial charge in [0.05, 0.1) is 22.9 Å². The Morgan fingerprint density at radius 2 is 1.57 bits per heavy atom. The predicted octanol–water partition coefficient (Wildman–Crippen LogP) is 5.81. The molecule has 0 radical (unpaired) electrons. The van der Waals surface area contributed by atoms with Gasteiger partial charge < -0.3 is 19.0 Å². The molecule has 4 rings (SSSR count). The van der Waals surface area contributed by atoms with Gasteiger partial charge in [-0.1, -0.05) is 81.4 Å². The second-order valence-electron chi connectivity index (χ2n) is 11.8. The fraction of sp³-hybridized carbons (Fsp3) is 0.600. The van der Waals surface area contributed by atoms with E-state index in [0.717, 1.165) is 24.3 Å². The summed E-state index contributed by atoms with van der Waals surface area (Å²) in [4.78, 5) is 0. The van der Waals surface area contributed by atoms with Gasteiger partial charge in [0, 0.05) is 6.61 Å². The van der Waals surface area contributed by atoms with E-state index in [9.17, 15) is 5.11 Å². The zero-order valence-corrected chi connectivity index (χ0v) is 25.7. The zero-order chi connectivity index (χ0) is 26.6. The van der Waals surface area contributed by atoms with E-state index >= 15 is 0 Å². The number of ether oxygens (including phenoxy) is 2. The van der Waals surface area contributed by atoms with Gasteiger partial charge in [0.1, 0.15) is 0 Å². The first-order valence-electron chi connectivity index (χ1n) is 13.6. The van der Waals surface area contributed by atoms with E-state index in [1.165, 1.54) is 16.8 Å². The maximum Gasteiger partial charge on any atom is 0.261 e. The molecule has 37 heavy (non-hydrogen) atoms. The number of hydrogen-bond acceptors (Lipinski definition) is 6. The first-order chi connectivity index (χ1) is 17.6. The molecule has 0 amide bonds. The maximum absolute atomic E-state index is 11.3. The molecule has 2 aliphatic rings. The second-order valence-corrected chi connectivity index (χ2v) is 19.3. The van der Waals surface area contributed by atoms with E-state index in [2.05, 4.69) is 81.4 Å². The van der Waals surface area contributed by atoms with Gasteiger partial charge >= 0.3 is 0 Å². The third-order valence-electron chi connectivity index (χ3n) is 7.36. The summed E-state index contributed by atoms with van der Waals surface area (Å²) in [5, 5.41) is 13.8. The van der Waals surface area contributed by atoms with Gasteiger partial charge in [-0.15, -0.1) is 23.5 Å². The van der Waals surface area contributed by atoms with E-state index < -0.39 is 20.2 Å². The maximum atomic E-state index is 11.3. The normalized spacial score (nSPS) is 22.6. The number of benzene rings is 2. The largest absolute Gasteiger partial charge is 0.407 e. The summed E-state index contributed by atoms with van der Waals surface area (Å²) in [5.74, 6) is 1.75. The first-order valence-corrected chi connectivity index (χ1v) is 17.5. The van der Waals surface area contributed by atoms with Gasteiger partial charge in [-0.2, -0.15) is 0 Å². The van der Waals surface area contributed by atoms with Gasteiger partial charge in [-0.05, 0) is 66.4 Å². The van der Waals surface area contributed by atoms with E-state index in [1.54, 1.807) is 0 Å². The summed E-state index contributed by atoms with van der Waals surface area (Å²) in [6.07, 6.45) is 3.14. The quantitative estimate of drug-likeness (QED) is 0.370. The summed E-state index contributed by atoms with van der Waals surface area (Å²) in [7, 11) is -2.59.